The van der Waals surface area contributed by atoms with Crippen LogP contribution < -0.4 is 5.32 Å². The van der Waals surface area contributed by atoms with Crippen LogP contribution in [0.5, 0.6) is 0 Å². The maximum Gasteiger partial charge on any atom is 0.0964 e. The van der Waals surface area contributed by atoms with Gasteiger partial charge in [-0.1, -0.05) is 12.1 Å². The number of hydrogen-bond donors (Lipinski definition) is 1. The van der Waals surface area contributed by atoms with Crippen LogP contribution in [0.25, 0.3) is 0 Å². The third-order valence-electron chi connectivity index (χ3n) is 3.90. The Morgan fingerprint density at radius 2 is 2.15 bits per heavy atom. The van der Waals surface area contributed by atoms with Gasteiger partial charge in [-0.15, -0.1) is 5.10 Å². The second kappa shape index (κ2) is 8.34. The van der Waals surface area contributed by atoms with Crippen LogP contribution in [-0.4, -0.2) is 59.8 Å². The minimum atomic E-state index is 0.745. The highest BCUT2D eigenvalue weighted by Gasteiger charge is 2.18. The quantitative estimate of drug-likeness (QED) is 0.762. The fraction of sp³-hybridized carbons (Fsp3) is 0.857. The van der Waals surface area contributed by atoms with Crippen LogP contribution >= 0.6 is 0 Å². The van der Waals surface area contributed by atoms with Gasteiger partial charge in [0.1, 0.15) is 0 Å². The zero-order valence-electron chi connectivity index (χ0n) is 12.7. The number of aromatic nitrogens is 3. The molecule has 0 saturated carbocycles. The van der Waals surface area contributed by atoms with Crippen molar-refractivity contribution in [3.05, 3.63) is 11.9 Å². The maximum absolute atomic E-state index is 5.23. The molecule has 1 saturated heterocycles. The monoisotopic (exact) mass is 281 g/mol. The molecule has 0 aromatic carbocycles. The van der Waals surface area contributed by atoms with E-state index in [9.17, 15) is 0 Å². The summed E-state index contributed by atoms with van der Waals surface area (Å²) in [4.78, 5) is 2.51. The lowest BCUT2D eigenvalue weighted by atomic mass is 9.98. The molecule has 0 bridgehead atoms. The molecule has 1 aliphatic heterocycles. The third kappa shape index (κ3) is 4.85. The second-order valence-corrected chi connectivity index (χ2v) is 5.49. The molecule has 2 rings (SSSR count). The van der Waals surface area contributed by atoms with Crippen LogP contribution in [0, 0.1) is 5.92 Å². The standard InChI is InChI=1S/C14H27N5O/c1-3-15-10-14-11-19(17-16-14)9-8-18-6-4-13(5-7-18)12-20-2/h11,13,15H,3-10,12H2,1-2H3. The maximum atomic E-state index is 5.23. The van der Waals surface area contributed by atoms with Gasteiger partial charge in [-0.3, -0.25) is 4.68 Å². The van der Waals surface area contributed by atoms with Crippen molar-refractivity contribution in [2.24, 2.45) is 5.92 Å². The second-order valence-electron chi connectivity index (χ2n) is 5.49. The van der Waals surface area contributed by atoms with Crippen molar-refractivity contribution >= 4 is 0 Å². The summed E-state index contributed by atoms with van der Waals surface area (Å²) >= 11 is 0. The van der Waals surface area contributed by atoms with E-state index in [0.29, 0.717) is 0 Å². The first-order valence-corrected chi connectivity index (χ1v) is 7.62. The third-order valence-corrected chi connectivity index (χ3v) is 3.90. The number of methoxy groups -OCH3 is 1. The van der Waals surface area contributed by atoms with E-state index in [4.69, 9.17) is 4.74 Å². The molecule has 6 nitrogen and oxygen atoms in total. The van der Waals surface area contributed by atoms with E-state index in [1.807, 2.05) is 10.9 Å². The minimum absolute atomic E-state index is 0.745. The summed E-state index contributed by atoms with van der Waals surface area (Å²) in [5.74, 6) is 0.745. The molecule has 1 aliphatic rings. The number of ether oxygens (including phenoxy) is 1. The molecule has 0 atom stereocenters. The molecule has 6 heteroatoms. The molecule has 20 heavy (non-hydrogen) atoms. The number of rotatable bonds is 8. The lowest BCUT2D eigenvalue weighted by Gasteiger charge is -2.31. The topological polar surface area (TPSA) is 55.2 Å². The first kappa shape index (κ1) is 15.4. The molecule has 0 radical (unpaired) electrons. The highest BCUT2D eigenvalue weighted by atomic mass is 16.5. The van der Waals surface area contributed by atoms with Crippen molar-refractivity contribution in [3.63, 3.8) is 0 Å². The van der Waals surface area contributed by atoms with E-state index in [0.717, 1.165) is 44.4 Å². The zero-order chi connectivity index (χ0) is 14.2. The van der Waals surface area contributed by atoms with Crippen molar-refractivity contribution in [3.8, 4) is 0 Å². The first-order valence-electron chi connectivity index (χ1n) is 7.62. The van der Waals surface area contributed by atoms with Crippen molar-refractivity contribution in [2.45, 2.75) is 32.9 Å². The molecule has 1 fully saturated rings. The first-order chi connectivity index (χ1) is 9.81. The van der Waals surface area contributed by atoms with E-state index in [-0.39, 0.29) is 0 Å². The Kier molecular flexibility index (Phi) is 6.42. The molecule has 0 unspecified atom stereocenters. The summed E-state index contributed by atoms with van der Waals surface area (Å²) in [5, 5.41) is 11.6. The molecule has 1 N–H and O–H groups in total. The molecule has 0 aliphatic carbocycles. The minimum Gasteiger partial charge on any atom is -0.384 e. The Balaban J connectivity index is 1.66. The average molecular weight is 281 g/mol. The van der Waals surface area contributed by atoms with Crippen molar-refractivity contribution in [1.82, 2.24) is 25.2 Å². The van der Waals surface area contributed by atoms with Crippen LogP contribution in [-0.2, 0) is 17.8 Å². The van der Waals surface area contributed by atoms with Gasteiger partial charge >= 0.3 is 0 Å². The largest absolute Gasteiger partial charge is 0.384 e. The number of piperidine rings is 1. The Morgan fingerprint density at radius 1 is 1.35 bits per heavy atom. The van der Waals surface area contributed by atoms with Crippen molar-refractivity contribution in [1.29, 1.82) is 0 Å². The van der Waals surface area contributed by atoms with Crippen LogP contribution in [0.1, 0.15) is 25.5 Å². The van der Waals surface area contributed by atoms with Gasteiger partial charge in [-0.2, -0.15) is 0 Å². The fourth-order valence-corrected chi connectivity index (χ4v) is 2.64. The highest BCUT2D eigenvalue weighted by molar-refractivity contribution is 4.91. The average Bonchev–Trinajstić information content (AvgIpc) is 2.93. The number of nitrogens with zero attached hydrogens (tertiary/aromatic N) is 4. The predicted octanol–water partition coefficient (Wildman–Crippen LogP) is 0.746. The summed E-state index contributed by atoms with van der Waals surface area (Å²) in [6.07, 6.45) is 4.54. The van der Waals surface area contributed by atoms with Crippen molar-refractivity contribution < 1.29 is 4.74 Å². The van der Waals surface area contributed by atoms with Gasteiger partial charge in [0.2, 0.25) is 0 Å². The van der Waals surface area contributed by atoms with Crippen LogP contribution in [0.15, 0.2) is 6.20 Å². The van der Waals surface area contributed by atoms with Gasteiger partial charge in [-0.05, 0) is 38.4 Å². The number of likely N-dealkylation sites (tertiary alicyclic amines) is 1. The van der Waals surface area contributed by atoms with E-state index < -0.39 is 0 Å². The van der Waals surface area contributed by atoms with Crippen LogP contribution in [0.2, 0.25) is 0 Å². The molecule has 0 spiro atoms. The fourth-order valence-electron chi connectivity index (χ4n) is 2.64. The van der Waals surface area contributed by atoms with Gasteiger partial charge in [-0.25, -0.2) is 0 Å². The van der Waals surface area contributed by atoms with Gasteiger partial charge in [0, 0.05) is 33.0 Å². The lowest BCUT2D eigenvalue weighted by molar-refractivity contribution is 0.0976. The normalized spacial score (nSPS) is 17.7. The molecule has 1 aromatic heterocycles. The Hall–Kier alpha value is -0.980. The van der Waals surface area contributed by atoms with Gasteiger partial charge < -0.3 is 15.0 Å². The van der Waals surface area contributed by atoms with E-state index in [2.05, 4.69) is 27.5 Å². The summed E-state index contributed by atoms with van der Waals surface area (Å²) in [7, 11) is 1.79. The number of nitrogens with one attached hydrogen (secondary N) is 1. The Morgan fingerprint density at radius 3 is 2.85 bits per heavy atom. The van der Waals surface area contributed by atoms with Gasteiger partial charge in [0.15, 0.2) is 0 Å². The van der Waals surface area contributed by atoms with Gasteiger partial charge in [0.25, 0.3) is 0 Å². The van der Waals surface area contributed by atoms with E-state index in [1.165, 1.54) is 25.9 Å². The summed E-state index contributed by atoms with van der Waals surface area (Å²) in [5.41, 5.74) is 1.02. The van der Waals surface area contributed by atoms with Crippen molar-refractivity contribution in [2.75, 3.05) is 39.9 Å². The lowest BCUT2D eigenvalue weighted by Crippen LogP contribution is -2.37. The summed E-state index contributed by atoms with van der Waals surface area (Å²) < 4.78 is 7.19. The summed E-state index contributed by atoms with van der Waals surface area (Å²) in [6.45, 7) is 9.10. The van der Waals surface area contributed by atoms with E-state index >= 15 is 0 Å². The smallest absolute Gasteiger partial charge is 0.0964 e. The number of hydrogen-bond acceptors (Lipinski definition) is 5. The van der Waals surface area contributed by atoms with Gasteiger partial charge in [0.05, 0.1) is 12.2 Å². The molecule has 2 heterocycles. The summed E-state index contributed by atoms with van der Waals surface area (Å²) in [6, 6.07) is 0. The van der Waals surface area contributed by atoms with E-state index in [1.54, 1.807) is 7.11 Å². The highest BCUT2D eigenvalue weighted by Crippen LogP contribution is 2.16. The molecular formula is C14H27N5O. The molecule has 1 aromatic rings. The predicted molar refractivity (Wildman–Crippen MR) is 78.4 cm³/mol. The molecular weight excluding hydrogens is 254 g/mol. The molecule has 0 amide bonds. The molecule has 114 valence electrons. The SMILES string of the molecule is CCNCc1cn(CCN2CCC(COC)CC2)nn1. The van der Waals surface area contributed by atoms with Crippen LogP contribution in [0.3, 0.4) is 0 Å². The Labute approximate surface area is 121 Å². The van der Waals surface area contributed by atoms with Crippen LogP contribution in [0.4, 0.5) is 0 Å². The zero-order valence-corrected chi connectivity index (χ0v) is 12.7. The Bertz CT molecular complexity index is 373.